The topological polar surface area (TPSA) is 75.7 Å². The summed E-state index contributed by atoms with van der Waals surface area (Å²) >= 11 is 0. The molecule has 0 bridgehead atoms. The van der Waals surface area contributed by atoms with Gasteiger partial charge in [0.15, 0.2) is 12.4 Å². The predicted molar refractivity (Wildman–Crippen MR) is 86.8 cm³/mol. The van der Waals surface area contributed by atoms with E-state index in [0.29, 0.717) is 35.9 Å². The van der Waals surface area contributed by atoms with E-state index in [2.05, 4.69) is 5.32 Å². The Labute approximate surface area is 135 Å². The minimum atomic E-state index is -0.293. The van der Waals surface area contributed by atoms with Crippen molar-refractivity contribution in [2.24, 2.45) is 5.92 Å². The summed E-state index contributed by atoms with van der Waals surface area (Å²) in [5.74, 6) is 0.301. The van der Waals surface area contributed by atoms with Gasteiger partial charge in [0.1, 0.15) is 12.3 Å². The maximum Gasteiger partial charge on any atom is 0.265 e. The van der Waals surface area contributed by atoms with Crippen molar-refractivity contribution in [2.75, 3.05) is 24.6 Å². The molecule has 6 heteroatoms. The molecule has 0 radical (unpaired) electrons. The van der Waals surface area contributed by atoms with Crippen molar-refractivity contribution in [3.63, 3.8) is 0 Å². The number of hydrogen-bond acceptors (Lipinski definition) is 4. The summed E-state index contributed by atoms with van der Waals surface area (Å²) in [6.07, 6.45) is 0.377. The fraction of sp³-hybridized carbons (Fsp3) is 0.471. The van der Waals surface area contributed by atoms with E-state index in [4.69, 9.17) is 4.74 Å². The molecular weight excluding hydrogens is 296 g/mol. The molecule has 2 rings (SSSR count). The van der Waals surface area contributed by atoms with Crippen LogP contribution in [-0.2, 0) is 9.59 Å². The van der Waals surface area contributed by atoms with Crippen LogP contribution in [0.4, 0.5) is 5.69 Å². The first-order chi connectivity index (χ1) is 10.9. The number of ketones is 1. The average molecular weight is 318 g/mol. The number of amides is 2. The van der Waals surface area contributed by atoms with Gasteiger partial charge in [-0.05, 0) is 24.1 Å². The van der Waals surface area contributed by atoms with Crippen LogP contribution in [0.1, 0.15) is 37.6 Å². The summed E-state index contributed by atoms with van der Waals surface area (Å²) in [5, 5.41) is 2.79. The first-order valence-electron chi connectivity index (χ1n) is 7.79. The Balaban J connectivity index is 2.22. The second-order valence-corrected chi connectivity index (χ2v) is 5.93. The molecule has 0 unspecified atom stereocenters. The third kappa shape index (κ3) is 4.09. The van der Waals surface area contributed by atoms with Gasteiger partial charge >= 0.3 is 0 Å². The quantitative estimate of drug-likeness (QED) is 0.811. The van der Waals surface area contributed by atoms with Crippen LogP contribution >= 0.6 is 0 Å². The lowest BCUT2D eigenvalue weighted by atomic mass is 10.1. The van der Waals surface area contributed by atoms with Gasteiger partial charge in [-0.15, -0.1) is 0 Å². The first-order valence-corrected chi connectivity index (χ1v) is 7.79. The van der Waals surface area contributed by atoms with Gasteiger partial charge in [-0.3, -0.25) is 19.3 Å². The highest BCUT2D eigenvalue weighted by atomic mass is 16.5. The van der Waals surface area contributed by atoms with Gasteiger partial charge in [0.2, 0.25) is 5.91 Å². The molecule has 1 N–H and O–H groups in total. The number of rotatable bonds is 6. The summed E-state index contributed by atoms with van der Waals surface area (Å²) in [6.45, 7) is 6.15. The number of nitrogens with zero attached hydrogens (tertiary/aromatic N) is 1. The fourth-order valence-corrected chi connectivity index (χ4v) is 2.27. The van der Waals surface area contributed by atoms with Crippen molar-refractivity contribution in [1.29, 1.82) is 0 Å². The van der Waals surface area contributed by atoms with E-state index in [9.17, 15) is 14.4 Å². The molecule has 1 aromatic rings. The van der Waals surface area contributed by atoms with Crippen molar-refractivity contribution < 1.29 is 19.1 Å². The Morgan fingerprint density at radius 3 is 2.74 bits per heavy atom. The number of nitrogens with one attached hydrogen (secondary N) is 1. The average Bonchev–Trinajstić information content (AvgIpc) is 2.54. The molecule has 1 heterocycles. The van der Waals surface area contributed by atoms with E-state index < -0.39 is 0 Å². The van der Waals surface area contributed by atoms with E-state index >= 15 is 0 Å². The standard InChI is InChI=1S/C17H22N2O4/c1-4-14(20)12-5-6-15-13(7-12)19(17(22)10-23-15)9-16(21)18-8-11(2)3/h5-7,11H,4,8-10H2,1-3H3,(H,18,21). The lowest BCUT2D eigenvalue weighted by Crippen LogP contribution is -2.45. The molecule has 124 valence electrons. The highest BCUT2D eigenvalue weighted by Crippen LogP contribution is 2.33. The van der Waals surface area contributed by atoms with Crippen LogP contribution in [0.25, 0.3) is 0 Å². The van der Waals surface area contributed by atoms with Crippen LogP contribution in [0.5, 0.6) is 5.75 Å². The highest BCUT2D eigenvalue weighted by molar-refractivity contribution is 6.04. The predicted octanol–water partition coefficient (Wildman–Crippen LogP) is 1.78. The van der Waals surface area contributed by atoms with Crippen LogP contribution in [0.15, 0.2) is 18.2 Å². The van der Waals surface area contributed by atoms with Gasteiger partial charge in [-0.25, -0.2) is 0 Å². The largest absolute Gasteiger partial charge is 0.482 e. The molecular formula is C17H22N2O4. The normalized spacial score (nSPS) is 13.6. The van der Waals surface area contributed by atoms with Crippen molar-refractivity contribution in [2.45, 2.75) is 27.2 Å². The van der Waals surface area contributed by atoms with Gasteiger partial charge in [0.05, 0.1) is 5.69 Å². The van der Waals surface area contributed by atoms with Gasteiger partial charge in [0.25, 0.3) is 5.91 Å². The molecule has 0 spiro atoms. The van der Waals surface area contributed by atoms with Crippen LogP contribution in [0.3, 0.4) is 0 Å². The van der Waals surface area contributed by atoms with Crippen molar-refractivity contribution in [3.8, 4) is 5.75 Å². The van der Waals surface area contributed by atoms with Crippen molar-refractivity contribution >= 4 is 23.3 Å². The fourth-order valence-electron chi connectivity index (χ4n) is 2.27. The smallest absolute Gasteiger partial charge is 0.265 e. The summed E-state index contributed by atoms with van der Waals surface area (Å²) in [5.41, 5.74) is 0.984. The lowest BCUT2D eigenvalue weighted by Gasteiger charge is -2.29. The molecule has 0 aliphatic carbocycles. The van der Waals surface area contributed by atoms with E-state index in [-0.39, 0.29) is 30.7 Å². The first kappa shape index (κ1) is 17.0. The monoisotopic (exact) mass is 318 g/mol. The zero-order valence-corrected chi connectivity index (χ0v) is 13.7. The Kier molecular flexibility index (Phi) is 5.36. The number of hydrogen-bond donors (Lipinski definition) is 1. The zero-order chi connectivity index (χ0) is 17.0. The minimum Gasteiger partial charge on any atom is -0.482 e. The molecule has 1 aliphatic heterocycles. The molecule has 1 aliphatic rings. The van der Waals surface area contributed by atoms with Gasteiger partial charge < -0.3 is 10.1 Å². The molecule has 23 heavy (non-hydrogen) atoms. The number of fused-ring (bicyclic) bond motifs is 1. The van der Waals surface area contributed by atoms with Crippen LogP contribution in [0, 0.1) is 5.92 Å². The van der Waals surface area contributed by atoms with Crippen LogP contribution in [0.2, 0.25) is 0 Å². The number of Topliss-reactive ketones (excluding diaryl/α,β-unsaturated/α-hetero) is 1. The summed E-state index contributed by atoms with van der Waals surface area (Å²) in [6, 6.07) is 4.97. The van der Waals surface area contributed by atoms with E-state index in [0.717, 1.165) is 0 Å². The van der Waals surface area contributed by atoms with E-state index in [1.807, 2.05) is 13.8 Å². The van der Waals surface area contributed by atoms with Crippen molar-refractivity contribution in [3.05, 3.63) is 23.8 Å². The molecule has 1 aromatic carbocycles. The molecule has 0 saturated carbocycles. The third-order valence-electron chi connectivity index (χ3n) is 3.55. The highest BCUT2D eigenvalue weighted by Gasteiger charge is 2.28. The van der Waals surface area contributed by atoms with Gasteiger partial charge in [0, 0.05) is 18.5 Å². The second kappa shape index (κ2) is 7.26. The SMILES string of the molecule is CCC(=O)c1ccc2c(c1)N(CC(=O)NCC(C)C)C(=O)CO2. The van der Waals surface area contributed by atoms with Gasteiger partial charge in [-0.1, -0.05) is 20.8 Å². The number of anilines is 1. The second-order valence-electron chi connectivity index (χ2n) is 5.93. The summed E-state index contributed by atoms with van der Waals surface area (Å²) in [4.78, 5) is 37.4. The number of carbonyl (C=O) groups is 3. The summed E-state index contributed by atoms with van der Waals surface area (Å²) < 4.78 is 5.38. The molecule has 2 amide bonds. The molecule has 0 atom stereocenters. The van der Waals surface area contributed by atoms with Crippen LogP contribution in [-0.4, -0.2) is 37.3 Å². The maximum absolute atomic E-state index is 12.1. The maximum atomic E-state index is 12.1. The third-order valence-corrected chi connectivity index (χ3v) is 3.55. The molecule has 6 nitrogen and oxygen atoms in total. The van der Waals surface area contributed by atoms with E-state index in [1.54, 1.807) is 25.1 Å². The minimum absolute atomic E-state index is 0.0185. The lowest BCUT2D eigenvalue weighted by molar-refractivity contribution is -0.125. The van der Waals surface area contributed by atoms with Gasteiger partial charge in [-0.2, -0.15) is 0 Å². The Morgan fingerprint density at radius 2 is 2.09 bits per heavy atom. The van der Waals surface area contributed by atoms with E-state index in [1.165, 1.54) is 4.90 Å². The Morgan fingerprint density at radius 1 is 1.35 bits per heavy atom. The summed E-state index contributed by atoms with van der Waals surface area (Å²) in [7, 11) is 0. The number of benzene rings is 1. The number of ether oxygens (including phenoxy) is 1. The van der Waals surface area contributed by atoms with Crippen LogP contribution < -0.4 is 15.0 Å². The Hall–Kier alpha value is -2.37. The Bertz CT molecular complexity index is 625. The molecule has 0 saturated heterocycles. The molecule has 0 aromatic heterocycles. The van der Waals surface area contributed by atoms with Crippen molar-refractivity contribution in [1.82, 2.24) is 5.32 Å². The molecule has 0 fully saturated rings. The number of carbonyl (C=O) groups excluding carboxylic acids is 3. The zero-order valence-electron chi connectivity index (χ0n) is 13.7.